The molecule has 1 aliphatic carbocycles. The second kappa shape index (κ2) is 6.12. The predicted molar refractivity (Wildman–Crippen MR) is 78.3 cm³/mol. The van der Waals surface area contributed by atoms with Gasteiger partial charge in [-0.3, -0.25) is 0 Å². The van der Waals surface area contributed by atoms with Gasteiger partial charge in [-0.05, 0) is 56.3 Å². The monoisotopic (exact) mass is 283 g/mol. The van der Waals surface area contributed by atoms with Crippen molar-refractivity contribution in [1.82, 2.24) is 5.32 Å². The van der Waals surface area contributed by atoms with E-state index >= 15 is 0 Å². The molecule has 0 amide bonds. The van der Waals surface area contributed by atoms with Gasteiger partial charge in [0.25, 0.3) is 0 Å². The van der Waals surface area contributed by atoms with E-state index in [1.165, 1.54) is 24.0 Å². The van der Waals surface area contributed by atoms with Crippen LogP contribution in [0, 0.1) is 6.92 Å². The van der Waals surface area contributed by atoms with Crippen LogP contribution in [-0.4, -0.2) is 25.8 Å². The molecule has 1 aromatic carbocycles. The Labute approximate surface area is 119 Å². The van der Waals surface area contributed by atoms with Crippen LogP contribution in [0.1, 0.15) is 41.2 Å². The zero-order valence-corrected chi connectivity index (χ0v) is 12.6. The zero-order chi connectivity index (χ0) is 14.0. The Hall–Kier alpha value is -0.770. The topological polar surface area (TPSA) is 41.5 Å². The normalized spacial score (nSPS) is 16.1. The van der Waals surface area contributed by atoms with Gasteiger partial charge >= 0.3 is 0 Å². The van der Waals surface area contributed by atoms with Crippen molar-refractivity contribution in [2.75, 3.05) is 20.7 Å². The number of aliphatic hydroxyl groups excluding tert-OH is 1. The molecule has 0 fully saturated rings. The number of benzene rings is 1. The molecule has 4 heteroatoms. The molecule has 2 N–H and O–H groups in total. The molecule has 19 heavy (non-hydrogen) atoms. The van der Waals surface area contributed by atoms with Crippen molar-refractivity contribution >= 4 is 11.6 Å². The predicted octanol–water partition coefficient (Wildman–Crippen LogP) is 2.79. The average molecular weight is 284 g/mol. The van der Waals surface area contributed by atoms with Crippen LogP contribution in [0.5, 0.6) is 5.75 Å². The first-order chi connectivity index (χ1) is 9.11. The molecule has 0 saturated heterocycles. The maximum absolute atomic E-state index is 10.3. The van der Waals surface area contributed by atoms with Crippen LogP contribution in [-0.2, 0) is 12.8 Å². The van der Waals surface area contributed by atoms with Crippen LogP contribution in [0.4, 0.5) is 0 Å². The van der Waals surface area contributed by atoms with Crippen LogP contribution in [0.3, 0.4) is 0 Å². The van der Waals surface area contributed by atoms with Gasteiger partial charge in [0.05, 0.1) is 18.2 Å². The summed E-state index contributed by atoms with van der Waals surface area (Å²) in [6, 6.07) is 0. The molecular weight excluding hydrogens is 262 g/mol. The van der Waals surface area contributed by atoms with Crippen molar-refractivity contribution in [3.05, 3.63) is 27.3 Å². The van der Waals surface area contributed by atoms with Gasteiger partial charge in [0.1, 0.15) is 5.75 Å². The number of hydrogen-bond acceptors (Lipinski definition) is 3. The lowest BCUT2D eigenvalue weighted by molar-refractivity contribution is 0.172. The molecule has 0 bridgehead atoms. The molecule has 0 radical (unpaired) electrons. The van der Waals surface area contributed by atoms with E-state index in [1.54, 1.807) is 7.11 Å². The van der Waals surface area contributed by atoms with Crippen molar-refractivity contribution in [3.8, 4) is 5.75 Å². The Morgan fingerprint density at radius 2 is 1.95 bits per heavy atom. The van der Waals surface area contributed by atoms with Crippen LogP contribution < -0.4 is 10.1 Å². The third-order valence-corrected chi connectivity index (χ3v) is 4.37. The van der Waals surface area contributed by atoms with Crippen molar-refractivity contribution < 1.29 is 9.84 Å². The third kappa shape index (κ3) is 2.60. The Balaban J connectivity index is 2.61. The van der Waals surface area contributed by atoms with Crippen LogP contribution in [0.25, 0.3) is 0 Å². The van der Waals surface area contributed by atoms with Gasteiger partial charge in [-0.2, -0.15) is 0 Å². The van der Waals surface area contributed by atoms with Gasteiger partial charge in [-0.1, -0.05) is 11.6 Å². The summed E-state index contributed by atoms with van der Waals surface area (Å²) in [6.45, 7) is 2.56. The van der Waals surface area contributed by atoms with Crippen molar-refractivity contribution in [3.63, 3.8) is 0 Å². The van der Waals surface area contributed by atoms with E-state index in [4.69, 9.17) is 16.3 Å². The SMILES string of the molecule is CNCC(O)c1c(C)c2c(c(Cl)c1OC)CCCC2. The standard InChI is InChI=1S/C15H22ClNO2/c1-9-10-6-4-5-7-11(10)14(16)15(19-3)13(9)12(18)8-17-2/h12,17-18H,4-8H2,1-3H3. The highest BCUT2D eigenvalue weighted by atomic mass is 35.5. The van der Waals surface area contributed by atoms with Gasteiger partial charge < -0.3 is 15.2 Å². The smallest absolute Gasteiger partial charge is 0.143 e. The van der Waals surface area contributed by atoms with Gasteiger partial charge in [0.15, 0.2) is 0 Å². The molecule has 0 spiro atoms. The summed E-state index contributed by atoms with van der Waals surface area (Å²) in [4.78, 5) is 0. The molecular formula is C15H22ClNO2. The van der Waals surface area contributed by atoms with E-state index < -0.39 is 6.10 Å². The number of likely N-dealkylation sites (N-methyl/N-ethyl adjacent to an activating group) is 1. The lowest BCUT2D eigenvalue weighted by Gasteiger charge is -2.26. The summed E-state index contributed by atoms with van der Waals surface area (Å²) < 4.78 is 5.47. The average Bonchev–Trinajstić information content (AvgIpc) is 2.42. The van der Waals surface area contributed by atoms with Crippen LogP contribution in [0.2, 0.25) is 5.02 Å². The number of halogens is 1. The highest BCUT2D eigenvalue weighted by molar-refractivity contribution is 6.33. The van der Waals surface area contributed by atoms with Crippen LogP contribution >= 0.6 is 11.6 Å². The van der Waals surface area contributed by atoms with Crippen LogP contribution in [0.15, 0.2) is 0 Å². The lowest BCUT2D eigenvalue weighted by Crippen LogP contribution is -2.20. The van der Waals surface area contributed by atoms with E-state index in [0.717, 1.165) is 24.0 Å². The molecule has 1 unspecified atom stereocenters. The second-order valence-corrected chi connectivity index (χ2v) is 5.50. The maximum Gasteiger partial charge on any atom is 0.143 e. The Kier molecular flexibility index (Phi) is 4.71. The maximum atomic E-state index is 10.3. The second-order valence-electron chi connectivity index (χ2n) is 5.12. The summed E-state index contributed by atoms with van der Waals surface area (Å²) in [5.41, 5.74) is 4.49. The first-order valence-electron chi connectivity index (χ1n) is 6.82. The van der Waals surface area contributed by atoms with E-state index in [9.17, 15) is 5.11 Å². The number of methoxy groups -OCH3 is 1. The number of rotatable bonds is 4. The molecule has 0 heterocycles. The quantitative estimate of drug-likeness (QED) is 0.893. The summed E-state index contributed by atoms with van der Waals surface area (Å²) in [7, 11) is 3.44. The number of nitrogens with one attached hydrogen (secondary N) is 1. The van der Waals surface area contributed by atoms with Gasteiger partial charge in [0.2, 0.25) is 0 Å². The molecule has 3 nitrogen and oxygen atoms in total. The third-order valence-electron chi connectivity index (χ3n) is 3.97. The Morgan fingerprint density at radius 1 is 1.32 bits per heavy atom. The molecule has 1 aromatic rings. The van der Waals surface area contributed by atoms with Gasteiger partial charge in [-0.15, -0.1) is 0 Å². The fourth-order valence-electron chi connectivity index (χ4n) is 3.05. The van der Waals surface area contributed by atoms with E-state index in [0.29, 0.717) is 17.3 Å². The molecule has 1 atom stereocenters. The minimum Gasteiger partial charge on any atom is -0.495 e. The number of fused-ring (bicyclic) bond motifs is 1. The van der Waals surface area contributed by atoms with E-state index in [-0.39, 0.29) is 0 Å². The molecule has 0 saturated carbocycles. The minimum atomic E-state index is -0.593. The Morgan fingerprint density at radius 3 is 2.53 bits per heavy atom. The zero-order valence-electron chi connectivity index (χ0n) is 11.8. The van der Waals surface area contributed by atoms with Crippen molar-refractivity contribution in [2.45, 2.75) is 38.7 Å². The first kappa shape index (κ1) is 14.6. The van der Waals surface area contributed by atoms with Gasteiger partial charge in [0, 0.05) is 12.1 Å². The fraction of sp³-hybridized carbons (Fsp3) is 0.600. The van der Waals surface area contributed by atoms with E-state index in [2.05, 4.69) is 12.2 Å². The lowest BCUT2D eigenvalue weighted by atomic mass is 9.84. The largest absolute Gasteiger partial charge is 0.495 e. The highest BCUT2D eigenvalue weighted by Gasteiger charge is 2.26. The van der Waals surface area contributed by atoms with Gasteiger partial charge in [-0.25, -0.2) is 0 Å². The molecule has 1 aliphatic rings. The summed E-state index contributed by atoms with van der Waals surface area (Å²) >= 11 is 6.49. The number of aliphatic hydroxyl groups is 1. The Bertz CT molecular complexity index is 474. The summed E-state index contributed by atoms with van der Waals surface area (Å²) in [5, 5.41) is 14.0. The molecule has 2 rings (SSSR count). The molecule has 106 valence electrons. The van der Waals surface area contributed by atoms with Crippen molar-refractivity contribution in [2.24, 2.45) is 0 Å². The molecule has 0 aromatic heterocycles. The number of ether oxygens (including phenoxy) is 1. The van der Waals surface area contributed by atoms with Crippen molar-refractivity contribution in [1.29, 1.82) is 0 Å². The highest BCUT2D eigenvalue weighted by Crippen LogP contribution is 2.43. The fourth-order valence-corrected chi connectivity index (χ4v) is 3.43. The number of hydrogen-bond donors (Lipinski definition) is 2. The van der Waals surface area contributed by atoms with E-state index in [1.807, 2.05) is 7.05 Å². The first-order valence-corrected chi connectivity index (χ1v) is 7.20. The minimum absolute atomic E-state index is 0.492. The summed E-state index contributed by atoms with van der Waals surface area (Å²) in [5.74, 6) is 0.641. The molecule has 0 aliphatic heterocycles. The summed E-state index contributed by atoms with van der Waals surface area (Å²) in [6.07, 6.45) is 3.83.